The van der Waals surface area contributed by atoms with E-state index in [0.29, 0.717) is 13.2 Å². The Balaban J connectivity index is 1.64. The van der Waals surface area contributed by atoms with Crippen LogP contribution >= 0.6 is 0 Å². The van der Waals surface area contributed by atoms with Crippen molar-refractivity contribution in [3.8, 4) is 11.5 Å². The normalized spacial score (nSPS) is 19.1. The van der Waals surface area contributed by atoms with Crippen molar-refractivity contribution in [1.82, 2.24) is 0 Å². The van der Waals surface area contributed by atoms with Crippen LogP contribution in [0.2, 0.25) is 0 Å². The molecule has 0 spiro atoms. The maximum Gasteiger partial charge on any atom is 0.314 e. The van der Waals surface area contributed by atoms with Gasteiger partial charge in [-0.2, -0.15) is 0 Å². The average molecular weight is 384 g/mol. The number of esters is 1. The second kappa shape index (κ2) is 10.1. The first-order chi connectivity index (χ1) is 13.7. The molecule has 150 valence electrons. The van der Waals surface area contributed by atoms with Gasteiger partial charge in [0, 0.05) is 5.56 Å². The van der Waals surface area contributed by atoms with Crippen LogP contribution in [-0.2, 0) is 22.7 Å². The monoisotopic (exact) mass is 384 g/mol. The molecule has 0 bridgehead atoms. The number of carbonyl (C=O) groups is 1. The number of likely N-dealkylation sites (tertiary alicyclic amines) is 1. The molecule has 0 aromatic heterocycles. The minimum absolute atomic E-state index is 0.00995. The number of carbonyl (C=O) groups excluding carboxylic acids is 1. The molecule has 0 saturated carbocycles. The highest BCUT2D eigenvalue weighted by Crippen LogP contribution is 2.28. The van der Waals surface area contributed by atoms with Crippen molar-refractivity contribution in [2.75, 3.05) is 26.8 Å². The third-order valence-electron chi connectivity index (χ3n) is 5.16. The van der Waals surface area contributed by atoms with Gasteiger partial charge < -0.3 is 19.1 Å². The van der Waals surface area contributed by atoms with E-state index in [9.17, 15) is 4.79 Å². The van der Waals surface area contributed by atoms with Crippen LogP contribution in [0, 0.1) is 5.92 Å². The van der Waals surface area contributed by atoms with E-state index in [2.05, 4.69) is 12.1 Å². The fourth-order valence-electron chi connectivity index (χ4n) is 3.74. The third-order valence-corrected chi connectivity index (χ3v) is 5.16. The Morgan fingerprint density at radius 3 is 2.68 bits per heavy atom. The van der Waals surface area contributed by atoms with Crippen LogP contribution in [0.3, 0.4) is 0 Å². The molecule has 1 N–H and O–H groups in total. The molecule has 5 heteroatoms. The first kappa shape index (κ1) is 20.2. The van der Waals surface area contributed by atoms with Crippen molar-refractivity contribution in [3.05, 3.63) is 59.7 Å². The Bertz CT molecular complexity index is 762. The molecule has 2 atom stereocenters. The minimum Gasteiger partial charge on any atom is -0.493 e. The maximum atomic E-state index is 12.1. The molecule has 28 heavy (non-hydrogen) atoms. The molecule has 3 rings (SSSR count). The highest BCUT2D eigenvalue weighted by molar-refractivity contribution is 5.72. The molecule has 1 heterocycles. The molecule has 2 aromatic rings. The van der Waals surface area contributed by atoms with E-state index in [4.69, 9.17) is 14.2 Å². The van der Waals surface area contributed by atoms with Gasteiger partial charge in [0.1, 0.15) is 19.1 Å². The zero-order valence-corrected chi connectivity index (χ0v) is 16.8. The molecule has 1 saturated heterocycles. The first-order valence-electron chi connectivity index (χ1n) is 10.0. The zero-order valence-electron chi connectivity index (χ0n) is 16.8. The van der Waals surface area contributed by atoms with Crippen molar-refractivity contribution >= 4 is 5.97 Å². The summed E-state index contributed by atoms with van der Waals surface area (Å²) in [5, 5.41) is 0. The first-order valence-corrected chi connectivity index (χ1v) is 10.0. The maximum absolute atomic E-state index is 12.1. The van der Waals surface area contributed by atoms with Gasteiger partial charge in [-0.05, 0) is 43.5 Å². The zero-order chi connectivity index (χ0) is 19.8. The number of methoxy groups -OCH3 is 1. The van der Waals surface area contributed by atoms with E-state index in [1.54, 1.807) is 7.11 Å². The lowest BCUT2D eigenvalue weighted by molar-refractivity contribution is -0.921. The van der Waals surface area contributed by atoms with Gasteiger partial charge in [-0.3, -0.25) is 4.79 Å². The van der Waals surface area contributed by atoms with Crippen LogP contribution in [-0.4, -0.2) is 32.8 Å². The Morgan fingerprint density at radius 2 is 1.93 bits per heavy atom. The Hall–Kier alpha value is -2.53. The number of benzene rings is 2. The van der Waals surface area contributed by atoms with Crippen molar-refractivity contribution < 1.29 is 23.9 Å². The number of ether oxygens (including phenoxy) is 3. The van der Waals surface area contributed by atoms with Gasteiger partial charge in [0.05, 0.1) is 26.8 Å². The molecule has 1 aliphatic rings. The van der Waals surface area contributed by atoms with Crippen molar-refractivity contribution in [2.24, 2.45) is 5.92 Å². The standard InChI is InChI=1S/C23H29NO4/c1-3-27-23(25)20-10-7-13-24(16-20)15-19-11-12-21(26-2)22(14-19)28-17-18-8-5-4-6-9-18/h4-6,8-9,11-12,14,20H,3,7,10,13,15-17H2,1-2H3/p+1/t20-/m1/s1. The summed E-state index contributed by atoms with van der Waals surface area (Å²) in [5.41, 5.74) is 2.30. The predicted octanol–water partition coefficient (Wildman–Crippen LogP) is 2.63. The summed E-state index contributed by atoms with van der Waals surface area (Å²) < 4.78 is 16.7. The number of rotatable bonds is 8. The SMILES string of the molecule is CCOC(=O)[C@@H]1CCC[NH+](Cc2ccc(OC)c(OCc3ccccc3)c2)C1. The molecule has 1 unspecified atom stereocenters. The lowest BCUT2D eigenvalue weighted by Gasteiger charge is -2.28. The second-order valence-corrected chi connectivity index (χ2v) is 7.23. The van der Waals surface area contributed by atoms with Gasteiger partial charge >= 0.3 is 5.97 Å². The molecule has 1 aliphatic heterocycles. The molecular weight excluding hydrogens is 354 g/mol. The summed E-state index contributed by atoms with van der Waals surface area (Å²) in [7, 11) is 1.66. The van der Waals surface area contributed by atoms with Gasteiger partial charge in [0.25, 0.3) is 0 Å². The van der Waals surface area contributed by atoms with E-state index < -0.39 is 0 Å². The number of hydrogen-bond acceptors (Lipinski definition) is 4. The molecule has 0 amide bonds. The highest BCUT2D eigenvalue weighted by Gasteiger charge is 2.29. The minimum atomic E-state index is -0.0543. The van der Waals surface area contributed by atoms with Crippen LogP contribution in [0.4, 0.5) is 0 Å². The quantitative estimate of drug-likeness (QED) is 0.711. The lowest BCUT2D eigenvalue weighted by Crippen LogP contribution is -3.12. The van der Waals surface area contributed by atoms with E-state index in [1.165, 1.54) is 10.5 Å². The summed E-state index contributed by atoms with van der Waals surface area (Å²) in [6.07, 6.45) is 1.97. The summed E-state index contributed by atoms with van der Waals surface area (Å²) in [6, 6.07) is 16.2. The van der Waals surface area contributed by atoms with Gasteiger partial charge in [-0.1, -0.05) is 30.3 Å². The Kier molecular flexibility index (Phi) is 7.31. The van der Waals surface area contributed by atoms with Crippen molar-refractivity contribution in [3.63, 3.8) is 0 Å². The van der Waals surface area contributed by atoms with Gasteiger partial charge in [0.15, 0.2) is 11.5 Å². The van der Waals surface area contributed by atoms with E-state index >= 15 is 0 Å². The van der Waals surface area contributed by atoms with E-state index in [1.807, 2.05) is 43.3 Å². The fraction of sp³-hybridized carbons (Fsp3) is 0.435. The van der Waals surface area contributed by atoms with Gasteiger partial charge in [-0.25, -0.2) is 0 Å². The van der Waals surface area contributed by atoms with E-state index in [0.717, 1.165) is 49.5 Å². The Labute approximate surface area is 167 Å². The van der Waals surface area contributed by atoms with Gasteiger partial charge in [-0.15, -0.1) is 0 Å². The van der Waals surface area contributed by atoms with Crippen LogP contribution < -0.4 is 14.4 Å². The smallest absolute Gasteiger partial charge is 0.314 e. The summed E-state index contributed by atoms with van der Waals surface area (Å²) in [5.74, 6) is 1.44. The number of piperidine rings is 1. The molecular formula is C23H30NO4+. The Morgan fingerprint density at radius 1 is 1.11 bits per heavy atom. The third kappa shape index (κ3) is 5.49. The van der Waals surface area contributed by atoms with Crippen molar-refractivity contribution in [1.29, 1.82) is 0 Å². The number of hydrogen-bond donors (Lipinski definition) is 1. The molecule has 0 aliphatic carbocycles. The van der Waals surface area contributed by atoms with Crippen LogP contribution in [0.15, 0.2) is 48.5 Å². The van der Waals surface area contributed by atoms with Crippen LogP contribution in [0.25, 0.3) is 0 Å². The molecule has 5 nitrogen and oxygen atoms in total. The predicted molar refractivity (Wildman–Crippen MR) is 108 cm³/mol. The summed E-state index contributed by atoms with van der Waals surface area (Å²) >= 11 is 0. The molecule has 0 radical (unpaired) electrons. The summed E-state index contributed by atoms with van der Waals surface area (Å²) in [6.45, 7) is 5.57. The molecule has 1 fully saturated rings. The average Bonchev–Trinajstić information content (AvgIpc) is 2.73. The highest BCUT2D eigenvalue weighted by atomic mass is 16.5. The molecule has 2 aromatic carbocycles. The summed E-state index contributed by atoms with van der Waals surface area (Å²) in [4.78, 5) is 13.5. The van der Waals surface area contributed by atoms with Crippen LogP contribution in [0.5, 0.6) is 11.5 Å². The second-order valence-electron chi connectivity index (χ2n) is 7.23. The number of quaternary nitrogens is 1. The fourth-order valence-corrected chi connectivity index (χ4v) is 3.74. The lowest BCUT2D eigenvalue weighted by atomic mass is 9.97. The van der Waals surface area contributed by atoms with Crippen molar-refractivity contribution in [2.45, 2.75) is 32.9 Å². The van der Waals surface area contributed by atoms with Crippen LogP contribution in [0.1, 0.15) is 30.9 Å². The van der Waals surface area contributed by atoms with Gasteiger partial charge in [0.2, 0.25) is 0 Å². The topological polar surface area (TPSA) is 49.2 Å². The van der Waals surface area contributed by atoms with E-state index in [-0.39, 0.29) is 11.9 Å². The largest absolute Gasteiger partial charge is 0.493 e. The number of nitrogens with one attached hydrogen (secondary N) is 1.